The molecule has 1 N–H and O–H groups in total. The van der Waals surface area contributed by atoms with Crippen LogP contribution in [0, 0.1) is 75.3 Å². The summed E-state index contributed by atoms with van der Waals surface area (Å²) in [5, 5.41) is 3.39. The smallest absolute Gasteiger partial charge is 0.200 e. The summed E-state index contributed by atoms with van der Waals surface area (Å²) in [6, 6.07) is 6.65. The summed E-state index contributed by atoms with van der Waals surface area (Å²) < 4.78 is 140. The maximum absolute atomic E-state index is 16.3. The molecule has 13 heteroatoms. The molecule has 4 aromatic rings. The van der Waals surface area contributed by atoms with Crippen LogP contribution in [0.4, 0.5) is 68.0 Å². The average molecular weight is 831 g/mol. The highest BCUT2D eigenvalue weighted by atomic mass is 28.3. The first-order valence-corrected chi connectivity index (χ1v) is 23.6. The number of hydrogen-bond acceptors (Lipinski definition) is 2. The zero-order valence-electron chi connectivity index (χ0n) is 34.1. The summed E-state index contributed by atoms with van der Waals surface area (Å²) in [6.45, 7) is 24.6. The van der Waals surface area contributed by atoms with Crippen molar-refractivity contribution in [2.45, 2.75) is 116 Å². The van der Waals surface area contributed by atoms with Gasteiger partial charge in [-0.05, 0) is 33.2 Å². The van der Waals surface area contributed by atoms with Crippen LogP contribution in [0.3, 0.4) is 0 Å². The van der Waals surface area contributed by atoms with Crippen LogP contribution in [-0.4, -0.2) is 16.1 Å². The molecule has 0 atom stereocenters. The normalized spacial score (nSPS) is 13.1. The van der Waals surface area contributed by atoms with Crippen LogP contribution >= 0.6 is 0 Å². The fraction of sp³-hybridized carbons (Fsp3) is 0.409. The molecule has 4 aromatic carbocycles. The molecule has 57 heavy (non-hydrogen) atoms. The van der Waals surface area contributed by atoms with Crippen molar-refractivity contribution >= 4 is 55.4 Å². The van der Waals surface area contributed by atoms with Gasteiger partial charge in [0.15, 0.2) is 46.5 Å². The summed E-state index contributed by atoms with van der Waals surface area (Å²) in [6.07, 6.45) is 0. The summed E-state index contributed by atoms with van der Waals surface area (Å²) >= 11 is 0. The Kier molecular flexibility index (Phi) is 12.1. The Hall–Kier alpha value is -4.34. The summed E-state index contributed by atoms with van der Waals surface area (Å²) in [5.41, 5.74) is 2.66. The molecule has 0 saturated carbocycles. The second-order valence-electron chi connectivity index (χ2n) is 16.7. The van der Waals surface area contributed by atoms with Crippen molar-refractivity contribution in [2.75, 3.05) is 10.2 Å². The van der Waals surface area contributed by atoms with Gasteiger partial charge in [0.05, 0.1) is 22.5 Å². The van der Waals surface area contributed by atoms with Gasteiger partial charge in [-0.25, -0.2) is 39.5 Å². The standard InChI is InChI=1S/C44H47F9N2Si2/c1-21(2)56(22(3)4,23(5)6)19-17-29-27-15-13-14-16-28(27)30(18-20-57(24(7)8,25(9)10)26(11)12)42-40(29)54-41-36(50)32(46)35(49)39(53)44(41)55(42)43-37(51)33(47)31(45)34(48)38(43)52/h13-16,21-26,54H,1-12H3. The first-order chi connectivity index (χ1) is 26.5. The third-order valence-electron chi connectivity index (χ3n) is 12.1. The lowest BCUT2D eigenvalue weighted by Gasteiger charge is -2.39. The third-order valence-corrected chi connectivity index (χ3v) is 24.7. The Morgan fingerprint density at radius 3 is 1.16 bits per heavy atom. The van der Waals surface area contributed by atoms with Crippen molar-refractivity contribution in [1.82, 2.24) is 0 Å². The predicted octanol–water partition coefficient (Wildman–Crippen LogP) is 14.8. The van der Waals surface area contributed by atoms with Crippen LogP contribution in [0.5, 0.6) is 0 Å². The summed E-state index contributed by atoms with van der Waals surface area (Å²) in [7, 11) is -5.27. The number of nitrogens with one attached hydrogen (secondary N) is 1. The van der Waals surface area contributed by atoms with Crippen LogP contribution < -0.4 is 10.2 Å². The van der Waals surface area contributed by atoms with E-state index in [1.54, 1.807) is 24.3 Å². The Morgan fingerprint density at radius 2 is 0.754 bits per heavy atom. The van der Waals surface area contributed by atoms with E-state index in [1.165, 1.54) is 0 Å². The van der Waals surface area contributed by atoms with Crippen LogP contribution in [0.2, 0.25) is 33.2 Å². The Balaban J connectivity index is 2.17. The molecular weight excluding hydrogens is 784 g/mol. The molecule has 0 unspecified atom stereocenters. The van der Waals surface area contributed by atoms with E-state index in [-0.39, 0.29) is 55.0 Å². The van der Waals surface area contributed by atoms with Crippen molar-refractivity contribution in [3.05, 3.63) is 87.7 Å². The first kappa shape index (κ1) is 43.8. The van der Waals surface area contributed by atoms with Crippen LogP contribution in [0.15, 0.2) is 24.3 Å². The summed E-state index contributed by atoms with van der Waals surface area (Å²) in [4.78, 5) is 0.237. The molecule has 304 valence electrons. The molecule has 2 nitrogen and oxygen atoms in total. The minimum Gasteiger partial charge on any atom is -0.348 e. The van der Waals surface area contributed by atoms with E-state index >= 15 is 35.1 Å². The highest BCUT2D eigenvalue weighted by Gasteiger charge is 2.45. The number of rotatable bonds is 7. The quantitative estimate of drug-likeness (QED) is 0.0578. The topological polar surface area (TPSA) is 15.3 Å². The Labute approximate surface area is 331 Å². The van der Waals surface area contributed by atoms with E-state index in [2.05, 4.69) is 69.8 Å². The molecule has 5 rings (SSSR count). The second kappa shape index (κ2) is 15.8. The van der Waals surface area contributed by atoms with E-state index in [0.29, 0.717) is 10.8 Å². The number of benzene rings is 4. The fourth-order valence-electron chi connectivity index (χ4n) is 9.43. The molecule has 0 spiro atoms. The van der Waals surface area contributed by atoms with Crippen molar-refractivity contribution in [2.24, 2.45) is 0 Å². The van der Waals surface area contributed by atoms with E-state index < -0.39 is 91.3 Å². The monoisotopic (exact) mass is 830 g/mol. The molecule has 0 fully saturated rings. The van der Waals surface area contributed by atoms with Gasteiger partial charge < -0.3 is 5.32 Å². The van der Waals surface area contributed by atoms with Crippen molar-refractivity contribution < 1.29 is 39.5 Å². The number of hydrogen-bond donors (Lipinski definition) is 1. The van der Waals surface area contributed by atoms with E-state index in [9.17, 15) is 4.39 Å². The Bertz CT molecular complexity index is 2300. The van der Waals surface area contributed by atoms with Crippen molar-refractivity contribution in [3.8, 4) is 22.9 Å². The van der Waals surface area contributed by atoms with Gasteiger partial charge >= 0.3 is 0 Å². The van der Waals surface area contributed by atoms with Gasteiger partial charge in [0.25, 0.3) is 0 Å². The molecule has 0 radical (unpaired) electrons. The predicted molar refractivity (Wildman–Crippen MR) is 217 cm³/mol. The molecule has 0 aromatic heterocycles. The Morgan fingerprint density at radius 1 is 0.421 bits per heavy atom. The molecule has 0 amide bonds. The minimum atomic E-state index is -2.67. The highest BCUT2D eigenvalue weighted by Crippen LogP contribution is 2.57. The SMILES string of the molecule is CC(C)[Si](C#Cc1c2c(c(C#C[Si](C(C)C)(C(C)C)C(C)C)c3ccccc13)N(c1c(F)c(F)c(F)c(F)c1F)c1c(F)c(F)c(F)c(F)c1N2)(C(C)C)C(C)C. The third kappa shape index (κ3) is 6.63. The number of fused-ring (bicyclic) bond motifs is 3. The minimum absolute atomic E-state index is 0.0586. The van der Waals surface area contributed by atoms with Gasteiger partial charge in [-0.3, -0.25) is 4.90 Å². The second-order valence-corrected chi connectivity index (χ2v) is 27.8. The van der Waals surface area contributed by atoms with Crippen LogP contribution in [0.1, 0.15) is 94.2 Å². The molecule has 1 aliphatic rings. The zero-order valence-corrected chi connectivity index (χ0v) is 36.1. The van der Waals surface area contributed by atoms with Gasteiger partial charge in [-0.15, -0.1) is 11.1 Å². The molecular formula is C44H47F9N2Si2. The number of nitrogens with zero attached hydrogens (tertiary/aromatic N) is 1. The fourth-order valence-corrected chi connectivity index (χ4v) is 19.8. The lowest BCUT2D eigenvalue weighted by Crippen LogP contribution is -2.43. The largest absolute Gasteiger partial charge is 0.348 e. The molecule has 1 aliphatic heterocycles. The van der Waals surface area contributed by atoms with Gasteiger partial charge in [0.2, 0.25) is 5.82 Å². The van der Waals surface area contributed by atoms with E-state index in [0.717, 1.165) is 0 Å². The molecule has 0 aliphatic carbocycles. The van der Waals surface area contributed by atoms with Gasteiger partial charge in [-0.2, -0.15) is 0 Å². The zero-order chi connectivity index (χ0) is 42.8. The first-order valence-electron chi connectivity index (χ1n) is 19.1. The van der Waals surface area contributed by atoms with Gasteiger partial charge in [-0.1, -0.05) is 119 Å². The lowest BCUT2D eigenvalue weighted by molar-refractivity contribution is 0.380. The van der Waals surface area contributed by atoms with E-state index in [1.807, 2.05) is 41.5 Å². The number of anilines is 5. The number of halogens is 9. The maximum Gasteiger partial charge on any atom is 0.200 e. The van der Waals surface area contributed by atoms with Crippen LogP contribution in [0.25, 0.3) is 10.8 Å². The van der Waals surface area contributed by atoms with Gasteiger partial charge in [0.1, 0.15) is 33.2 Å². The maximum atomic E-state index is 16.3. The molecule has 1 heterocycles. The summed E-state index contributed by atoms with van der Waals surface area (Å²) in [5.74, 6) is -14.4. The van der Waals surface area contributed by atoms with Crippen LogP contribution in [-0.2, 0) is 0 Å². The highest BCUT2D eigenvalue weighted by molar-refractivity contribution is 6.91. The molecule has 0 saturated heterocycles. The lowest BCUT2D eigenvalue weighted by atomic mass is 9.92. The average Bonchev–Trinajstić information content (AvgIpc) is 3.14. The van der Waals surface area contributed by atoms with Crippen molar-refractivity contribution in [3.63, 3.8) is 0 Å². The van der Waals surface area contributed by atoms with Crippen molar-refractivity contribution in [1.29, 1.82) is 0 Å². The molecule has 0 bridgehead atoms. The van der Waals surface area contributed by atoms with Gasteiger partial charge in [0, 0.05) is 10.8 Å². The van der Waals surface area contributed by atoms with E-state index in [4.69, 9.17) is 0 Å².